The van der Waals surface area contributed by atoms with Crippen LogP contribution in [0.1, 0.15) is 78.1 Å². The summed E-state index contributed by atoms with van der Waals surface area (Å²) in [6, 6.07) is 14.6. The Morgan fingerprint density at radius 1 is 0.625 bits per heavy atom. The molecule has 56 heavy (non-hydrogen) atoms. The van der Waals surface area contributed by atoms with Gasteiger partial charge in [0.1, 0.15) is 23.7 Å². The third-order valence-electron chi connectivity index (χ3n) is 11.2. The molecule has 2 fully saturated rings. The third kappa shape index (κ3) is 8.29. The molecule has 6 rings (SSSR count). The number of nitrogens with zero attached hydrogens (tertiary/aromatic N) is 4. The highest BCUT2D eigenvalue weighted by molar-refractivity contribution is 5.87. The number of alkyl carbamates (subject to hydrolysis) is 2. The molecule has 2 saturated heterocycles. The maximum atomic E-state index is 13.7. The molecule has 0 spiro atoms. The fourth-order valence-electron chi connectivity index (χ4n) is 7.93. The summed E-state index contributed by atoms with van der Waals surface area (Å²) < 4.78 is 9.55. The summed E-state index contributed by atoms with van der Waals surface area (Å²) in [6.07, 6.45) is 4.03. The van der Waals surface area contributed by atoms with Gasteiger partial charge in [-0.25, -0.2) is 19.6 Å². The van der Waals surface area contributed by atoms with Crippen molar-refractivity contribution in [2.75, 3.05) is 27.3 Å². The topological polar surface area (TPSA) is 175 Å². The van der Waals surface area contributed by atoms with E-state index in [4.69, 9.17) is 19.4 Å². The normalized spacial score (nSPS) is 20.6. The van der Waals surface area contributed by atoms with Crippen LogP contribution in [-0.2, 0) is 19.1 Å². The van der Waals surface area contributed by atoms with Gasteiger partial charge in [-0.3, -0.25) is 9.59 Å². The van der Waals surface area contributed by atoms with Crippen molar-refractivity contribution in [1.82, 2.24) is 40.4 Å². The molecule has 0 bridgehead atoms. The maximum absolute atomic E-state index is 13.7. The molecule has 0 saturated carbocycles. The van der Waals surface area contributed by atoms with Gasteiger partial charge in [-0.15, -0.1) is 0 Å². The molecule has 14 nitrogen and oxygen atoms in total. The Balaban J connectivity index is 1.13. The number of likely N-dealkylation sites (tertiary alicyclic amines) is 2. The number of methoxy groups -OCH3 is 2. The van der Waals surface area contributed by atoms with Crippen molar-refractivity contribution in [2.45, 2.75) is 78.6 Å². The molecule has 4 heterocycles. The highest BCUT2D eigenvalue weighted by Gasteiger charge is 2.42. The van der Waals surface area contributed by atoms with Gasteiger partial charge in [-0.05, 0) is 58.8 Å². The zero-order valence-electron chi connectivity index (χ0n) is 33.5. The van der Waals surface area contributed by atoms with Gasteiger partial charge in [0, 0.05) is 13.1 Å². The number of rotatable bonds is 11. The summed E-state index contributed by atoms with van der Waals surface area (Å²) in [5.74, 6) is 1.30. The van der Waals surface area contributed by atoms with Crippen LogP contribution in [-0.4, -0.2) is 93.1 Å². The van der Waals surface area contributed by atoms with Crippen molar-refractivity contribution in [3.05, 3.63) is 72.6 Å². The number of ether oxygens (including phenoxy) is 2. The first-order valence-corrected chi connectivity index (χ1v) is 19.4. The number of hydrogen-bond acceptors (Lipinski definition) is 8. The average molecular weight is 767 g/mol. The minimum atomic E-state index is -0.700. The first-order valence-electron chi connectivity index (χ1n) is 19.4. The van der Waals surface area contributed by atoms with Gasteiger partial charge in [0.25, 0.3) is 0 Å². The van der Waals surface area contributed by atoms with Gasteiger partial charge in [0.15, 0.2) is 0 Å². The van der Waals surface area contributed by atoms with Crippen molar-refractivity contribution in [1.29, 1.82) is 0 Å². The number of hydrogen-bond donors (Lipinski definition) is 4. The number of imidazole rings is 2. The van der Waals surface area contributed by atoms with Crippen molar-refractivity contribution in [2.24, 2.45) is 23.7 Å². The Labute approximate surface area is 328 Å². The monoisotopic (exact) mass is 766 g/mol. The fraction of sp³-hybridized carbons (Fsp3) is 0.476. The SMILES string of the molecule is COC(=O)N[C@H](C(=O)N1CC[C@H](C)C1c1ncc(-c2ccc(-c3ccc(-c4cnc([C@@H]5[C@@H](C)CCN5C(=O)[C@@H](NC(=O)OC)C(C)C)[nH]4)cc3)cc2)[nH]1)C(C)C. The summed E-state index contributed by atoms with van der Waals surface area (Å²) in [6.45, 7) is 13.0. The molecule has 6 atom stereocenters. The number of carbonyl (C=O) groups is 4. The molecular formula is C42H54N8O6. The highest BCUT2D eigenvalue weighted by atomic mass is 16.5. The molecule has 0 radical (unpaired) electrons. The minimum absolute atomic E-state index is 0.114. The lowest BCUT2D eigenvalue weighted by Gasteiger charge is -2.31. The molecule has 1 unspecified atom stereocenters. The highest BCUT2D eigenvalue weighted by Crippen LogP contribution is 2.39. The number of H-pyrrole nitrogens is 2. The number of carbonyl (C=O) groups excluding carboxylic acids is 4. The number of aromatic nitrogens is 4. The van der Waals surface area contributed by atoms with Crippen LogP contribution in [0.15, 0.2) is 60.9 Å². The van der Waals surface area contributed by atoms with E-state index in [9.17, 15) is 19.2 Å². The van der Waals surface area contributed by atoms with E-state index >= 15 is 0 Å². The smallest absolute Gasteiger partial charge is 0.407 e. The second-order valence-corrected chi connectivity index (χ2v) is 15.7. The van der Waals surface area contributed by atoms with Gasteiger partial charge < -0.3 is 39.9 Å². The van der Waals surface area contributed by atoms with E-state index in [1.807, 2.05) is 49.9 Å². The first-order chi connectivity index (χ1) is 26.8. The van der Waals surface area contributed by atoms with Crippen LogP contribution in [0.25, 0.3) is 33.6 Å². The van der Waals surface area contributed by atoms with Gasteiger partial charge in [-0.2, -0.15) is 0 Å². The predicted molar refractivity (Wildman–Crippen MR) is 212 cm³/mol. The van der Waals surface area contributed by atoms with Crippen molar-refractivity contribution in [3.63, 3.8) is 0 Å². The molecule has 4 aromatic rings. The zero-order chi connectivity index (χ0) is 40.3. The number of benzene rings is 2. The van der Waals surface area contributed by atoms with Gasteiger partial charge in [0.2, 0.25) is 11.8 Å². The first kappa shape index (κ1) is 40.0. The van der Waals surface area contributed by atoms with Crippen LogP contribution in [0, 0.1) is 23.7 Å². The molecule has 2 aromatic heterocycles. The largest absolute Gasteiger partial charge is 0.453 e. The molecule has 2 aliphatic rings. The third-order valence-corrected chi connectivity index (χ3v) is 11.2. The van der Waals surface area contributed by atoms with Crippen LogP contribution in [0.5, 0.6) is 0 Å². The summed E-state index contributed by atoms with van der Waals surface area (Å²) in [4.78, 5) is 71.4. The van der Waals surface area contributed by atoms with E-state index in [1.54, 1.807) is 0 Å². The van der Waals surface area contributed by atoms with Crippen LogP contribution < -0.4 is 10.6 Å². The predicted octanol–water partition coefficient (Wildman–Crippen LogP) is 6.71. The average Bonchev–Trinajstić information content (AvgIpc) is 4.02. The molecule has 2 aromatic carbocycles. The van der Waals surface area contributed by atoms with E-state index in [0.717, 1.165) is 58.1 Å². The quantitative estimate of drug-likeness (QED) is 0.130. The second-order valence-electron chi connectivity index (χ2n) is 15.7. The zero-order valence-corrected chi connectivity index (χ0v) is 33.5. The molecule has 2 aliphatic heterocycles. The fourth-order valence-corrected chi connectivity index (χ4v) is 7.93. The van der Waals surface area contributed by atoms with Gasteiger partial charge in [0.05, 0.1) is 50.1 Å². The Morgan fingerprint density at radius 2 is 0.964 bits per heavy atom. The molecule has 4 amide bonds. The van der Waals surface area contributed by atoms with Crippen LogP contribution in [0.3, 0.4) is 0 Å². The molecular weight excluding hydrogens is 713 g/mol. The Morgan fingerprint density at radius 3 is 1.29 bits per heavy atom. The molecule has 0 aliphatic carbocycles. The van der Waals surface area contributed by atoms with Gasteiger partial charge in [-0.1, -0.05) is 90.1 Å². The second kappa shape index (κ2) is 17.0. The summed E-state index contributed by atoms with van der Waals surface area (Å²) >= 11 is 0. The lowest BCUT2D eigenvalue weighted by molar-refractivity contribution is -0.136. The van der Waals surface area contributed by atoms with Crippen LogP contribution in [0.4, 0.5) is 9.59 Å². The van der Waals surface area contributed by atoms with E-state index < -0.39 is 24.3 Å². The number of nitrogens with one attached hydrogen (secondary N) is 4. The van der Waals surface area contributed by atoms with E-state index in [-0.39, 0.29) is 47.6 Å². The van der Waals surface area contributed by atoms with E-state index in [0.29, 0.717) is 13.1 Å². The van der Waals surface area contributed by atoms with E-state index in [1.165, 1.54) is 14.2 Å². The lowest BCUT2D eigenvalue weighted by atomic mass is 9.99. The molecule has 4 N–H and O–H groups in total. The lowest BCUT2D eigenvalue weighted by Crippen LogP contribution is -2.51. The standard InChI is InChI=1S/C42H54N8O6/c1-23(2)33(47-41(53)55-7)39(51)49-19-17-25(5)35(49)37-43-21-31(45-37)29-13-9-27(10-14-29)28-11-15-30(16-12-28)32-22-44-38(46-32)36-26(6)18-20-50(36)40(52)34(24(3)4)48-42(54)56-8/h9-16,21-26,33-36H,17-20H2,1-8H3,(H,43,45)(H,44,46)(H,47,53)(H,48,54)/t25-,26-,33-,34-,35-,36?/m0/s1. The van der Waals surface area contributed by atoms with Crippen molar-refractivity contribution in [3.8, 4) is 33.6 Å². The van der Waals surface area contributed by atoms with E-state index in [2.05, 4.69) is 83.0 Å². The summed E-state index contributed by atoms with van der Waals surface area (Å²) in [5, 5.41) is 5.42. The van der Waals surface area contributed by atoms with Gasteiger partial charge >= 0.3 is 12.2 Å². The van der Waals surface area contributed by atoms with Crippen LogP contribution in [0.2, 0.25) is 0 Å². The molecule has 14 heteroatoms. The number of amides is 4. The summed E-state index contributed by atoms with van der Waals surface area (Å²) in [5.41, 5.74) is 5.76. The maximum Gasteiger partial charge on any atom is 0.407 e. The van der Waals surface area contributed by atoms with Crippen molar-refractivity contribution >= 4 is 24.0 Å². The summed E-state index contributed by atoms with van der Waals surface area (Å²) in [7, 11) is 2.58. The molecule has 298 valence electrons. The Hall–Kier alpha value is -5.66. The number of aromatic amines is 2. The Bertz CT molecular complexity index is 1860. The minimum Gasteiger partial charge on any atom is -0.453 e. The van der Waals surface area contributed by atoms with Crippen molar-refractivity contribution < 1.29 is 28.7 Å². The Kier molecular flexibility index (Phi) is 12.2. The van der Waals surface area contributed by atoms with Crippen LogP contribution >= 0.6 is 0 Å².